The van der Waals surface area contributed by atoms with Crippen LogP contribution < -0.4 is 11.1 Å². The molecule has 0 aliphatic rings. The van der Waals surface area contributed by atoms with Gasteiger partial charge in [0.25, 0.3) is 0 Å². The van der Waals surface area contributed by atoms with Gasteiger partial charge < -0.3 is 20.2 Å². The summed E-state index contributed by atoms with van der Waals surface area (Å²) in [5, 5.41) is 16.7. The fourth-order valence-electron chi connectivity index (χ4n) is 1.16. The molecule has 0 bridgehead atoms. The maximum absolute atomic E-state index is 10.5. The second kappa shape index (κ2) is 8.49. The van der Waals surface area contributed by atoms with Crippen LogP contribution in [0.2, 0.25) is 0 Å². The number of aromatic nitrogens is 2. The number of carboxylic acids is 2. The van der Waals surface area contributed by atoms with Gasteiger partial charge in [-0.1, -0.05) is 0 Å². The Morgan fingerprint density at radius 3 is 1.33 bits per heavy atom. The molecular formula is C12H10N2NiO6. The van der Waals surface area contributed by atoms with Gasteiger partial charge in [0.1, 0.15) is 0 Å². The summed E-state index contributed by atoms with van der Waals surface area (Å²) in [6, 6.07) is 4.71. The molecule has 0 amide bonds. The third-order valence-electron chi connectivity index (χ3n) is 2.04. The van der Waals surface area contributed by atoms with Crippen LogP contribution in [0.3, 0.4) is 0 Å². The zero-order valence-electron chi connectivity index (χ0n) is 10.3. The molecule has 9 heteroatoms. The van der Waals surface area contributed by atoms with Gasteiger partial charge in [-0.3, -0.25) is 9.59 Å². The van der Waals surface area contributed by atoms with E-state index in [1.165, 1.54) is 24.5 Å². The molecule has 0 aliphatic heterocycles. The van der Waals surface area contributed by atoms with Crippen LogP contribution >= 0.6 is 0 Å². The monoisotopic (exact) mass is 336 g/mol. The van der Waals surface area contributed by atoms with Crippen molar-refractivity contribution in [2.75, 3.05) is 0 Å². The van der Waals surface area contributed by atoms with Gasteiger partial charge in [-0.2, -0.15) is 0 Å². The number of carboxylic acid groups (broad SMARTS) is 2. The van der Waals surface area contributed by atoms with Crippen LogP contribution in [0.5, 0.6) is 0 Å². The predicted molar refractivity (Wildman–Crippen MR) is 68.0 cm³/mol. The standard InChI is InChI=1S/2C6H5NO3.Ni/c2*8-5-3-4(6(9)10)1-2-7-5;/h2*1-3H,(H,7,8)(H,9,10);. The minimum absolute atomic E-state index is 0. The summed E-state index contributed by atoms with van der Waals surface area (Å²) in [6.07, 6.45) is 2.59. The Labute approximate surface area is 127 Å². The van der Waals surface area contributed by atoms with Crippen molar-refractivity contribution in [2.24, 2.45) is 0 Å². The van der Waals surface area contributed by atoms with Crippen molar-refractivity contribution in [1.29, 1.82) is 0 Å². The van der Waals surface area contributed by atoms with Gasteiger partial charge in [0.15, 0.2) is 0 Å². The van der Waals surface area contributed by atoms with Crippen LogP contribution in [0.15, 0.2) is 46.2 Å². The molecule has 2 aromatic heterocycles. The molecule has 0 unspecified atom stereocenters. The van der Waals surface area contributed by atoms with Crippen LogP contribution in [0.4, 0.5) is 0 Å². The van der Waals surface area contributed by atoms with Gasteiger partial charge in [-0.05, 0) is 12.1 Å². The summed E-state index contributed by atoms with van der Waals surface area (Å²) < 4.78 is 0. The zero-order chi connectivity index (χ0) is 15.1. The maximum atomic E-state index is 10.5. The van der Waals surface area contributed by atoms with Gasteiger partial charge in [0, 0.05) is 41.0 Å². The van der Waals surface area contributed by atoms with Crippen molar-refractivity contribution >= 4 is 11.9 Å². The first-order chi connectivity index (χ1) is 9.40. The van der Waals surface area contributed by atoms with Gasteiger partial charge in [0.05, 0.1) is 11.1 Å². The van der Waals surface area contributed by atoms with Crippen LogP contribution in [0.25, 0.3) is 0 Å². The van der Waals surface area contributed by atoms with Crippen molar-refractivity contribution in [3.8, 4) is 0 Å². The largest absolute Gasteiger partial charge is 0.478 e. The Kier molecular flexibility index (Phi) is 7.42. The van der Waals surface area contributed by atoms with Crippen LogP contribution in [0, 0.1) is 0 Å². The molecule has 21 heavy (non-hydrogen) atoms. The maximum Gasteiger partial charge on any atom is 0.335 e. The molecule has 0 radical (unpaired) electrons. The second-order valence-electron chi connectivity index (χ2n) is 3.49. The number of aromatic amines is 2. The SMILES string of the molecule is O=C(O)c1cc[nH]c(=O)c1.O=C(O)c1cc[nH]c(=O)c1.[Ni]. The Balaban J connectivity index is 0.000000364. The third-order valence-corrected chi connectivity index (χ3v) is 2.04. The first-order valence-corrected chi connectivity index (χ1v) is 5.24. The molecule has 0 aromatic carbocycles. The van der Waals surface area contributed by atoms with E-state index in [1.54, 1.807) is 0 Å². The van der Waals surface area contributed by atoms with E-state index < -0.39 is 23.1 Å². The summed E-state index contributed by atoms with van der Waals surface area (Å²) in [4.78, 5) is 46.0. The van der Waals surface area contributed by atoms with Crippen molar-refractivity contribution in [3.63, 3.8) is 0 Å². The van der Waals surface area contributed by atoms with E-state index >= 15 is 0 Å². The Bertz CT molecular complexity index is 673. The minimum atomic E-state index is -1.09. The molecule has 0 saturated heterocycles. The van der Waals surface area contributed by atoms with E-state index in [-0.39, 0.29) is 27.6 Å². The molecule has 4 N–H and O–H groups in total. The summed E-state index contributed by atoms with van der Waals surface area (Å²) in [5.74, 6) is -2.18. The Morgan fingerprint density at radius 2 is 1.14 bits per heavy atom. The number of rotatable bonds is 2. The van der Waals surface area contributed by atoms with E-state index in [0.717, 1.165) is 12.1 Å². The molecule has 0 fully saturated rings. The smallest absolute Gasteiger partial charge is 0.335 e. The van der Waals surface area contributed by atoms with Gasteiger partial charge >= 0.3 is 11.9 Å². The van der Waals surface area contributed by atoms with Gasteiger partial charge in [-0.25, -0.2) is 9.59 Å². The van der Waals surface area contributed by atoms with Crippen LogP contribution in [0.1, 0.15) is 20.7 Å². The number of aromatic carboxylic acids is 2. The molecule has 8 nitrogen and oxygen atoms in total. The molecule has 0 atom stereocenters. The zero-order valence-corrected chi connectivity index (χ0v) is 11.3. The Morgan fingerprint density at radius 1 is 0.810 bits per heavy atom. The molecule has 0 saturated carbocycles. The number of H-pyrrole nitrogens is 2. The van der Waals surface area contributed by atoms with E-state index in [1.807, 2.05) is 0 Å². The van der Waals surface area contributed by atoms with Crippen molar-refractivity contribution in [2.45, 2.75) is 0 Å². The van der Waals surface area contributed by atoms with E-state index in [4.69, 9.17) is 10.2 Å². The summed E-state index contributed by atoms with van der Waals surface area (Å²) in [5.41, 5.74) is -0.799. The molecular weight excluding hydrogens is 327 g/mol. The fourth-order valence-corrected chi connectivity index (χ4v) is 1.16. The van der Waals surface area contributed by atoms with E-state index in [2.05, 4.69) is 9.97 Å². The summed E-state index contributed by atoms with van der Waals surface area (Å²) in [7, 11) is 0. The predicted octanol–water partition coefficient (Wildman–Crippen LogP) is 0.144. The quantitative estimate of drug-likeness (QED) is 0.575. The minimum Gasteiger partial charge on any atom is -0.478 e. The number of hydrogen-bond donors (Lipinski definition) is 4. The second-order valence-corrected chi connectivity index (χ2v) is 3.49. The molecule has 0 spiro atoms. The van der Waals surface area contributed by atoms with Crippen molar-refractivity contribution in [1.82, 2.24) is 9.97 Å². The molecule has 0 aliphatic carbocycles. The number of carbonyl (C=O) groups is 2. The van der Waals surface area contributed by atoms with E-state index in [0.29, 0.717) is 0 Å². The number of nitrogens with one attached hydrogen (secondary N) is 2. The third kappa shape index (κ3) is 6.35. The molecule has 2 aromatic rings. The molecule has 2 heterocycles. The number of hydrogen-bond acceptors (Lipinski definition) is 4. The molecule has 2 rings (SSSR count). The van der Waals surface area contributed by atoms with Gasteiger partial charge in [-0.15, -0.1) is 0 Å². The first-order valence-electron chi connectivity index (χ1n) is 5.24. The van der Waals surface area contributed by atoms with Gasteiger partial charge in [0.2, 0.25) is 11.1 Å². The normalized spacial score (nSPS) is 8.76. The topological polar surface area (TPSA) is 140 Å². The van der Waals surface area contributed by atoms with Crippen molar-refractivity contribution in [3.05, 3.63) is 68.5 Å². The first kappa shape index (κ1) is 18.3. The Hall–Kier alpha value is -2.67. The van der Waals surface area contributed by atoms with Crippen molar-refractivity contribution < 1.29 is 36.3 Å². The molecule has 114 valence electrons. The average Bonchev–Trinajstić information content (AvgIpc) is 2.39. The summed E-state index contributed by atoms with van der Waals surface area (Å²) >= 11 is 0. The fraction of sp³-hybridized carbons (Fsp3) is 0. The van der Waals surface area contributed by atoms with Crippen LogP contribution in [-0.4, -0.2) is 32.1 Å². The summed E-state index contributed by atoms with van der Waals surface area (Å²) in [6.45, 7) is 0. The average molecular weight is 337 g/mol. The number of pyridine rings is 2. The van der Waals surface area contributed by atoms with Crippen LogP contribution in [-0.2, 0) is 16.5 Å². The van der Waals surface area contributed by atoms with E-state index in [9.17, 15) is 19.2 Å².